The van der Waals surface area contributed by atoms with Crippen molar-refractivity contribution in [2.24, 2.45) is 0 Å². The number of nitrogens with zero attached hydrogens (tertiary/aromatic N) is 3. The van der Waals surface area contributed by atoms with E-state index in [9.17, 15) is 0 Å². The molecule has 2 heterocycles. The highest BCUT2D eigenvalue weighted by molar-refractivity contribution is 9.10. The number of hydrogen-bond donors (Lipinski definition) is 0. The van der Waals surface area contributed by atoms with Crippen molar-refractivity contribution >= 4 is 21.6 Å². The minimum Gasteiger partial charge on any atom is -0.306 e. The van der Waals surface area contributed by atoms with Gasteiger partial charge in [0.05, 0.1) is 0 Å². The lowest BCUT2D eigenvalue weighted by molar-refractivity contribution is 1.18. The maximum Gasteiger partial charge on any atom is 0.159 e. The van der Waals surface area contributed by atoms with Gasteiger partial charge >= 0.3 is 0 Å². The molecule has 58 valence electrons. The molecule has 2 aromatic heterocycles. The first-order valence-electron chi connectivity index (χ1n) is 3.34. The van der Waals surface area contributed by atoms with Crippen LogP contribution in [0.2, 0.25) is 0 Å². The van der Waals surface area contributed by atoms with Crippen molar-refractivity contribution in [3.63, 3.8) is 0 Å². The zero-order chi connectivity index (χ0) is 8.55. The van der Waals surface area contributed by atoms with Crippen molar-refractivity contribution < 1.29 is 0 Å². The van der Waals surface area contributed by atoms with Crippen molar-refractivity contribution in [3.8, 4) is 6.07 Å². The summed E-state index contributed by atoms with van der Waals surface area (Å²) in [4.78, 5) is 4.06. The van der Waals surface area contributed by atoms with Crippen LogP contribution in [0.5, 0.6) is 0 Å². The van der Waals surface area contributed by atoms with Gasteiger partial charge in [-0.05, 0) is 12.1 Å². The monoisotopic (exact) mass is 221 g/mol. The number of nitriles is 1. The normalized spacial score (nSPS) is 10.0. The van der Waals surface area contributed by atoms with E-state index in [1.54, 1.807) is 6.20 Å². The lowest BCUT2D eigenvalue weighted by atomic mass is 10.5. The Bertz CT molecular complexity index is 467. The lowest BCUT2D eigenvalue weighted by Crippen LogP contribution is -1.79. The van der Waals surface area contributed by atoms with E-state index in [1.807, 2.05) is 28.8 Å². The molecule has 3 nitrogen and oxygen atoms in total. The second kappa shape index (κ2) is 2.61. The van der Waals surface area contributed by atoms with Gasteiger partial charge in [0.25, 0.3) is 0 Å². The highest BCUT2D eigenvalue weighted by Gasteiger charge is 1.99. The van der Waals surface area contributed by atoms with Gasteiger partial charge in [-0.15, -0.1) is 0 Å². The number of aromatic nitrogens is 2. The first-order chi connectivity index (χ1) is 5.79. The smallest absolute Gasteiger partial charge is 0.159 e. The molecule has 0 spiro atoms. The van der Waals surface area contributed by atoms with Crippen LogP contribution < -0.4 is 0 Å². The molecule has 0 aliphatic heterocycles. The Morgan fingerprint density at radius 1 is 1.58 bits per heavy atom. The Hall–Kier alpha value is -1.34. The predicted molar refractivity (Wildman–Crippen MR) is 47.6 cm³/mol. The average Bonchev–Trinajstić information content (AvgIpc) is 2.46. The summed E-state index contributed by atoms with van der Waals surface area (Å²) in [5.74, 6) is 0. The van der Waals surface area contributed by atoms with Crippen molar-refractivity contribution in [3.05, 3.63) is 34.7 Å². The first kappa shape index (κ1) is 7.32. The van der Waals surface area contributed by atoms with E-state index < -0.39 is 0 Å². The minimum absolute atomic E-state index is 0.438. The van der Waals surface area contributed by atoms with E-state index in [2.05, 4.69) is 20.9 Å². The summed E-state index contributed by atoms with van der Waals surface area (Å²) in [7, 11) is 0. The molecule has 4 heteroatoms. The Morgan fingerprint density at radius 2 is 2.42 bits per heavy atom. The van der Waals surface area contributed by atoms with Gasteiger partial charge in [0, 0.05) is 16.9 Å². The van der Waals surface area contributed by atoms with Crippen LogP contribution in [0.1, 0.15) is 5.69 Å². The van der Waals surface area contributed by atoms with E-state index in [0.717, 1.165) is 10.1 Å². The number of rotatable bonds is 0. The highest BCUT2D eigenvalue weighted by atomic mass is 79.9. The van der Waals surface area contributed by atoms with Crippen molar-refractivity contribution in [1.29, 1.82) is 5.26 Å². The molecule has 0 saturated heterocycles. The molecule has 0 aliphatic carbocycles. The predicted octanol–water partition coefficient (Wildman–Crippen LogP) is 1.97. The van der Waals surface area contributed by atoms with Gasteiger partial charge in [0.1, 0.15) is 11.7 Å². The fourth-order valence-electron chi connectivity index (χ4n) is 1.01. The number of pyridine rings is 1. The molecule has 0 saturated carbocycles. The van der Waals surface area contributed by atoms with Crippen molar-refractivity contribution in [1.82, 2.24) is 9.38 Å². The van der Waals surface area contributed by atoms with E-state index in [4.69, 9.17) is 5.26 Å². The van der Waals surface area contributed by atoms with Gasteiger partial charge in [-0.1, -0.05) is 15.9 Å². The molecule has 0 aliphatic rings. The number of fused-ring (bicyclic) bond motifs is 1. The fraction of sp³-hybridized carbons (Fsp3) is 0. The maximum absolute atomic E-state index is 8.57. The van der Waals surface area contributed by atoms with Crippen LogP contribution in [0.25, 0.3) is 5.65 Å². The lowest BCUT2D eigenvalue weighted by Gasteiger charge is -1.91. The summed E-state index contributed by atoms with van der Waals surface area (Å²) >= 11 is 3.33. The number of halogens is 1. The molecule has 0 radical (unpaired) electrons. The quantitative estimate of drug-likeness (QED) is 0.683. The van der Waals surface area contributed by atoms with Crippen LogP contribution >= 0.6 is 15.9 Å². The minimum atomic E-state index is 0.438. The third-order valence-corrected chi connectivity index (χ3v) is 2.03. The molecule has 0 unspecified atom stereocenters. The summed E-state index contributed by atoms with van der Waals surface area (Å²) in [6, 6.07) is 5.75. The second-order valence-corrected chi connectivity index (χ2v) is 3.26. The van der Waals surface area contributed by atoms with Gasteiger partial charge in [-0.25, -0.2) is 4.98 Å². The van der Waals surface area contributed by atoms with Crippen LogP contribution in [0, 0.1) is 11.3 Å². The van der Waals surface area contributed by atoms with Crippen LogP contribution in [-0.4, -0.2) is 9.38 Å². The Balaban J connectivity index is 2.77. The Morgan fingerprint density at radius 3 is 3.17 bits per heavy atom. The third-order valence-electron chi connectivity index (χ3n) is 1.54. The summed E-state index contributed by atoms with van der Waals surface area (Å²) < 4.78 is 2.77. The molecule has 0 N–H and O–H groups in total. The molecule has 0 aromatic carbocycles. The van der Waals surface area contributed by atoms with E-state index in [1.165, 1.54) is 0 Å². The van der Waals surface area contributed by atoms with Crippen LogP contribution in [-0.2, 0) is 0 Å². The molecule has 0 bridgehead atoms. The SMILES string of the molecule is N#Cc1cn2ccc(Br)cc2n1. The molecule has 2 rings (SSSR count). The topological polar surface area (TPSA) is 41.1 Å². The zero-order valence-corrected chi connectivity index (χ0v) is 7.62. The third kappa shape index (κ3) is 1.08. The Labute approximate surface area is 77.4 Å². The van der Waals surface area contributed by atoms with Gasteiger partial charge in [0.2, 0.25) is 0 Å². The van der Waals surface area contributed by atoms with Crippen LogP contribution in [0.3, 0.4) is 0 Å². The molecule has 0 atom stereocenters. The molecule has 2 aromatic rings. The van der Waals surface area contributed by atoms with Gasteiger partial charge < -0.3 is 4.40 Å². The number of imidazole rings is 1. The van der Waals surface area contributed by atoms with Crippen LogP contribution in [0.4, 0.5) is 0 Å². The standard InChI is InChI=1S/C8H4BrN3/c9-6-1-2-12-5-7(4-10)11-8(12)3-6/h1-3,5H. The first-order valence-corrected chi connectivity index (χ1v) is 4.13. The maximum atomic E-state index is 8.57. The summed E-state index contributed by atoms with van der Waals surface area (Å²) in [6.07, 6.45) is 3.55. The summed E-state index contributed by atoms with van der Waals surface area (Å²) in [6.45, 7) is 0. The largest absolute Gasteiger partial charge is 0.306 e. The summed E-state index contributed by atoms with van der Waals surface area (Å²) in [5.41, 5.74) is 1.22. The second-order valence-electron chi connectivity index (χ2n) is 2.35. The average molecular weight is 222 g/mol. The van der Waals surface area contributed by atoms with E-state index in [-0.39, 0.29) is 0 Å². The molecule has 12 heavy (non-hydrogen) atoms. The van der Waals surface area contributed by atoms with E-state index >= 15 is 0 Å². The molecular weight excluding hydrogens is 218 g/mol. The highest BCUT2D eigenvalue weighted by Crippen LogP contribution is 2.12. The van der Waals surface area contributed by atoms with E-state index in [0.29, 0.717) is 5.69 Å². The number of hydrogen-bond acceptors (Lipinski definition) is 2. The van der Waals surface area contributed by atoms with Crippen LogP contribution in [0.15, 0.2) is 29.0 Å². The van der Waals surface area contributed by atoms with Gasteiger partial charge in [-0.3, -0.25) is 0 Å². The van der Waals surface area contributed by atoms with Gasteiger partial charge in [0.15, 0.2) is 5.69 Å². The summed E-state index contributed by atoms with van der Waals surface area (Å²) in [5, 5.41) is 8.57. The molecule has 0 fully saturated rings. The van der Waals surface area contributed by atoms with Gasteiger partial charge in [-0.2, -0.15) is 5.26 Å². The molecular formula is C8H4BrN3. The van der Waals surface area contributed by atoms with Crippen molar-refractivity contribution in [2.75, 3.05) is 0 Å². The van der Waals surface area contributed by atoms with Crippen molar-refractivity contribution in [2.45, 2.75) is 0 Å². The fourth-order valence-corrected chi connectivity index (χ4v) is 1.33. The zero-order valence-electron chi connectivity index (χ0n) is 6.03. The molecule has 0 amide bonds. The Kier molecular flexibility index (Phi) is 1.59.